The molecule has 1 saturated heterocycles. The number of rotatable bonds is 6. The molecule has 2 aliphatic rings. The maximum absolute atomic E-state index is 12.6. The molecule has 1 aromatic heterocycles. The van der Waals surface area contributed by atoms with Crippen molar-refractivity contribution in [1.82, 2.24) is 14.9 Å². The van der Waals surface area contributed by atoms with Crippen molar-refractivity contribution < 1.29 is 9.59 Å². The molecule has 0 atom stereocenters. The van der Waals surface area contributed by atoms with Crippen LogP contribution in [0.3, 0.4) is 0 Å². The van der Waals surface area contributed by atoms with Crippen LogP contribution in [0.5, 0.6) is 0 Å². The first kappa shape index (κ1) is 19.4. The Hall–Kier alpha value is -2.38. The first-order valence-corrected chi connectivity index (χ1v) is 9.92. The minimum atomic E-state index is -0.550. The number of carbonyl (C=O) groups is 2. The van der Waals surface area contributed by atoms with E-state index in [-0.39, 0.29) is 18.0 Å². The number of likely N-dealkylation sites (tertiary alicyclic amines) is 1. The number of nitrogens with two attached hydrogens (primary N) is 1. The minimum absolute atomic E-state index is 0.125. The van der Waals surface area contributed by atoms with Crippen molar-refractivity contribution in [1.29, 1.82) is 0 Å². The minimum Gasteiger partial charge on any atom is -0.367 e. The number of nitrogens with one attached hydrogen (secondary N) is 2. The van der Waals surface area contributed by atoms with E-state index in [0.29, 0.717) is 23.2 Å². The van der Waals surface area contributed by atoms with Crippen LogP contribution in [0.15, 0.2) is 6.20 Å². The molecule has 0 spiro atoms. The van der Waals surface area contributed by atoms with Crippen LogP contribution in [-0.4, -0.2) is 51.9 Å². The standard InChI is InChI=1S/C19H30N6O2/c1-12(2)22-19-21-11-15(16(20)26)17(24-19)23-14-7-5-13(6-8-14)18(27)25-9-3-4-10-25/h11-14H,3-10H2,1-2H3,(H2,20,26)(H2,21,22,23,24)/t13-,14-. The summed E-state index contributed by atoms with van der Waals surface area (Å²) in [6.07, 6.45) is 7.18. The molecule has 8 heteroatoms. The fraction of sp³-hybridized carbons (Fsp3) is 0.684. The van der Waals surface area contributed by atoms with Gasteiger partial charge in [-0.1, -0.05) is 0 Å². The van der Waals surface area contributed by atoms with Gasteiger partial charge in [0.1, 0.15) is 5.82 Å². The van der Waals surface area contributed by atoms with E-state index in [1.165, 1.54) is 6.20 Å². The molecule has 1 aliphatic carbocycles. The van der Waals surface area contributed by atoms with Gasteiger partial charge < -0.3 is 21.3 Å². The highest BCUT2D eigenvalue weighted by Gasteiger charge is 2.31. The molecule has 8 nitrogen and oxygen atoms in total. The largest absolute Gasteiger partial charge is 0.367 e. The van der Waals surface area contributed by atoms with E-state index in [1.54, 1.807) is 0 Å². The second-order valence-corrected chi connectivity index (χ2v) is 7.84. The van der Waals surface area contributed by atoms with Gasteiger partial charge >= 0.3 is 0 Å². The molecule has 1 aromatic rings. The predicted octanol–water partition coefficient (Wildman–Crippen LogP) is 1.99. The molecular formula is C19H30N6O2. The third-order valence-corrected chi connectivity index (χ3v) is 5.31. The van der Waals surface area contributed by atoms with E-state index in [4.69, 9.17) is 5.73 Å². The molecule has 148 valence electrons. The number of hydrogen-bond donors (Lipinski definition) is 3. The maximum atomic E-state index is 12.6. The highest BCUT2D eigenvalue weighted by Crippen LogP contribution is 2.29. The summed E-state index contributed by atoms with van der Waals surface area (Å²) >= 11 is 0. The van der Waals surface area contributed by atoms with Crippen molar-refractivity contribution in [3.63, 3.8) is 0 Å². The lowest BCUT2D eigenvalue weighted by Crippen LogP contribution is -2.38. The zero-order valence-corrected chi connectivity index (χ0v) is 16.2. The summed E-state index contributed by atoms with van der Waals surface area (Å²) in [7, 11) is 0. The van der Waals surface area contributed by atoms with Gasteiger partial charge in [-0.3, -0.25) is 9.59 Å². The van der Waals surface area contributed by atoms with Gasteiger partial charge in [0.2, 0.25) is 11.9 Å². The lowest BCUT2D eigenvalue weighted by molar-refractivity contribution is -0.135. The van der Waals surface area contributed by atoms with Crippen LogP contribution in [0.25, 0.3) is 0 Å². The third-order valence-electron chi connectivity index (χ3n) is 5.31. The lowest BCUT2D eigenvalue weighted by Gasteiger charge is -2.31. The normalized spacial score (nSPS) is 22.7. The van der Waals surface area contributed by atoms with Crippen molar-refractivity contribution in [3.05, 3.63) is 11.8 Å². The van der Waals surface area contributed by atoms with Gasteiger partial charge in [-0.25, -0.2) is 4.98 Å². The molecule has 1 aliphatic heterocycles. The van der Waals surface area contributed by atoms with Crippen LogP contribution in [0.2, 0.25) is 0 Å². The monoisotopic (exact) mass is 374 g/mol. The summed E-state index contributed by atoms with van der Waals surface area (Å²) in [6.45, 7) is 5.81. The highest BCUT2D eigenvalue weighted by molar-refractivity contribution is 5.97. The number of primary amides is 1. The quantitative estimate of drug-likeness (QED) is 0.702. The molecule has 1 saturated carbocycles. The SMILES string of the molecule is CC(C)Nc1ncc(C(N)=O)c(N[C@H]2CC[C@H](C(=O)N3CCCC3)CC2)n1. The lowest BCUT2D eigenvalue weighted by atomic mass is 9.85. The van der Waals surface area contributed by atoms with Crippen LogP contribution in [-0.2, 0) is 4.79 Å². The topological polar surface area (TPSA) is 113 Å². The Balaban J connectivity index is 1.62. The molecule has 2 amide bonds. The molecule has 0 unspecified atom stereocenters. The number of carbonyl (C=O) groups excluding carboxylic acids is 2. The van der Waals surface area contributed by atoms with Crippen molar-refractivity contribution in [2.45, 2.75) is 64.5 Å². The van der Waals surface area contributed by atoms with E-state index in [0.717, 1.165) is 51.6 Å². The summed E-state index contributed by atoms with van der Waals surface area (Å²) in [5.74, 6) is 0.825. The average molecular weight is 374 g/mol. The average Bonchev–Trinajstić information content (AvgIpc) is 3.16. The molecule has 0 bridgehead atoms. The zero-order valence-electron chi connectivity index (χ0n) is 16.2. The Labute approximate surface area is 160 Å². The van der Waals surface area contributed by atoms with E-state index >= 15 is 0 Å². The fourth-order valence-corrected chi connectivity index (χ4v) is 3.87. The Morgan fingerprint density at radius 2 is 1.85 bits per heavy atom. The molecule has 0 aromatic carbocycles. The number of anilines is 2. The van der Waals surface area contributed by atoms with Crippen molar-refractivity contribution >= 4 is 23.6 Å². The molecule has 2 fully saturated rings. The summed E-state index contributed by atoms with van der Waals surface area (Å²) in [5.41, 5.74) is 5.76. The van der Waals surface area contributed by atoms with Gasteiger partial charge in [0.15, 0.2) is 0 Å². The summed E-state index contributed by atoms with van der Waals surface area (Å²) < 4.78 is 0. The first-order chi connectivity index (χ1) is 12.9. The van der Waals surface area contributed by atoms with Crippen molar-refractivity contribution in [3.8, 4) is 0 Å². The Morgan fingerprint density at radius 1 is 1.19 bits per heavy atom. The molecule has 0 radical (unpaired) electrons. The smallest absolute Gasteiger partial charge is 0.254 e. The number of nitrogens with zero attached hydrogens (tertiary/aromatic N) is 3. The predicted molar refractivity (Wildman–Crippen MR) is 104 cm³/mol. The second-order valence-electron chi connectivity index (χ2n) is 7.84. The summed E-state index contributed by atoms with van der Waals surface area (Å²) in [4.78, 5) is 34.9. The number of aromatic nitrogens is 2. The third kappa shape index (κ3) is 4.87. The van der Waals surface area contributed by atoms with Gasteiger partial charge in [-0.2, -0.15) is 4.98 Å². The Bertz CT molecular complexity index is 679. The number of hydrogen-bond acceptors (Lipinski definition) is 6. The van der Waals surface area contributed by atoms with E-state index in [1.807, 2.05) is 18.7 Å². The van der Waals surface area contributed by atoms with E-state index in [9.17, 15) is 9.59 Å². The zero-order chi connectivity index (χ0) is 19.4. The van der Waals surface area contributed by atoms with Gasteiger partial charge in [-0.05, 0) is 52.4 Å². The molecule has 2 heterocycles. The maximum Gasteiger partial charge on any atom is 0.254 e. The van der Waals surface area contributed by atoms with Crippen molar-refractivity contribution in [2.75, 3.05) is 23.7 Å². The fourth-order valence-electron chi connectivity index (χ4n) is 3.87. The Kier molecular flexibility index (Phi) is 6.13. The van der Waals surface area contributed by atoms with Crippen LogP contribution in [0.4, 0.5) is 11.8 Å². The molecule has 4 N–H and O–H groups in total. The Morgan fingerprint density at radius 3 is 2.44 bits per heavy atom. The number of amides is 2. The summed E-state index contributed by atoms with van der Waals surface area (Å²) in [5, 5.41) is 6.49. The molecule has 27 heavy (non-hydrogen) atoms. The summed E-state index contributed by atoms with van der Waals surface area (Å²) in [6, 6.07) is 0.358. The molecular weight excluding hydrogens is 344 g/mol. The van der Waals surface area contributed by atoms with Crippen LogP contribution in [0.1, 0.15) is 62.7 Å². The van der Waals surface area contributed by atoms with E-state index in [2.05, 4.69) is 20.6 Å². The van der Waals surface area contributed by atoms with Crippen LogP contribution < -0.4 is 16.4 Å². The van der Waals surface area contributed by atoms with Gasteiger partial charge in [0.05, 0.1) is 5.56 Å². The van der Waals surface area contributed by atoms with Crippen LogP contribution in [0, 0.1) is 5.92 Å². The first-order valence-electron chi connectivity index (χ1n) is 9.92. The van der Waals surface area contributed by atoms with E-state index < -0.39 is 5.91 Å². The highest BCUT2D eigenvalue weighted by atomic mass is 16.2. The second kappa shape index (κ2) is 8.54. The molecule has 3 rings (SSSR count). The van der Waals surface area contributed by atoms with Crippen molar-refractivity contribution in [2.24, 2.45) is 11.7 Å². The van der Waals surface area contributed by atoms with Crippen LogP contribution >= 0.6 is 0 Å². The van der Waals surface area contributed by atoms with Gasteiger partial charge in [-0.15, -0.1) is 0 Å². The van der Waals surface area contributed by atoms with Gasteiger partial charge in [0.25, 0.3) is 5.91 Å². The van der Waals surface area contributed by atoms with Gasteiger partial charge in [0, 0.05) is 37.3 Å².